The quantitative estimate of drug-likeness (QED) is 0.776. The lowest BCUT2D eigenvalue weighted by molar-refractivity contribution is -0.133. The Balaban J connectivity index is 1.63. The fourth-order valence-electron chi connectivity index (χ4n) is 2.91. The molecule has 2 aromatic rings. The molecule has 1 saturated heterocycles. The number of piperazine rings is 1. The van der Waals surface area contributed by atoms with Crippen LogP contribution < -0.4 is 5.56 Å². The molecular weight excluding hydrogens is 391 g/mol. The SMILES string of the molecule is Cc1ccc(=O)n(CC(=O)N2CCN(C(=O)c3c(Cl)cccc3Cl)CC2)n1. The van der Waals surface area contributed by atoms with Crippen LogP contribution in [0.3, 0.4) is 0 Å². The van der Waals surface area contributed by atoms with Crippen molar-refractivity contribution >= 4 is 35.0 Å². The molecule has 0 saturated carbocycles. The summed E-state index contributed by atoms with van der Waals surface area (Å²) >= 11 is 12.2. The summed E-state index contributed by atoms with van der Waals surface area (Å²) in [6, 6.07) is 7.91. The molecule has 2 heterocycles. The summed E-state index contributed by atoms with van der Waals surface area (Å²) in [5.74, 6) is -0.465. The van der Waals surface area contributed by atoms with Crippen molar-refractivity contribution in [2.75, 3.05) is 26.2 Å². The lowest BCUT2D eigenvalue weighted by Gasteiger charge is -2.35. The van der Waals surface area contributed by atoms with E-state index in [9.17, 15) is 14.4 Å². The minimum Gasteiger partial charge on any atom is -0.338 e. The Morgan fingerprint density at radius 1 is 1.00 bits per heavy atom. The average Bonchev–Trinajstić information content (AvgIpc) is 2.64. The predicted molar refractivity (Wildman–Crippen MR) is 102 cm³/mol. The highest BCUT2D eigenvalue weighted by molar-refractivity contribution is 6.39. The second-order valence-electron chi connectivity index (χ2n) is 6.24. The molecule has 7 nitrogen and oxygen atoms in total. The summed E-state index contributed by atoms with van der Waals surface area (Å²) in [4.78, 5) is 40.2. The second-order valence-corrected chi connectivity index (χ2v) is 7.05. The molecule has 1 aromatic carbocycles. The molecule has 0 spiro atoms. The van der Waals surface area contributed by atoms with Crippen molar-refractivity contribution in [1.82, 2.24) is 19.6 Å². The Morgan fingerprint density at radius 3 is 2.22 bits per heavy atom. The van der Waals surface area contributed by atoms with Crippen molar-refractivity contribution in [2.24, 2.45) is 0 Å². The van der Waals surface area contributed by atoms with Crippen molar-refractivity contribution < 1.29 is 9.59 Å². The zero-order valence-corrected chi connectivity index (χ0v) is 16.2. The highest BCUT2D eigenvalue weighted by atomic mass is 35.5. The first-order valence-corrected chi connectivity index (χ1v) is 9.18. The van der Waals surface area contributed by atoms with Crippen LogP contribution in [-0.4, -0.2) is 57.6 Å². The number of carbonyl (C=O) groups excluding carboxylic acids is 2. The molecule has 142 valence electrons. The van der Waals surface area contributed by atoms with Gasteiger partial charge in [0.05, 0.1) is 21.3 Å². The smallest absolute Gasteiger partial charge is 0.267 e. The van der Waals surface area contributed by atoms with E-state index in [1.165, 1.54) is 6.07 Å². The van der Waals surface area contributed by atoms with Gasteiger partial charge in [0.25, 0.3) is 11.5 Å². The number of benzene rings is 1. The Bertz CT molecular complexity index is 916. The van der Waals surface area contributed by atoms with Crippen LogP contribution in [0.5, 0.6) is 0 Å². The van der Waals surface area contributed by atoms with Crippen LogP contribution >= 0.6 is 23.2 Å². The van der Waals surface area contributed by atoms with Crippen molar-refractivity contribution in [3.63, 3.8) is 0 Å². The summed E-state index contributed by atoms with van der Waals surface area (Å²) < 4.78 is 1.15. The molecule has 1 aliphatic rings. The van der Waals surface area contributed by atoms with E-state index in [2.05, 4.69) is 5.10 Å². The normalized spacial score (nSPS) is 14.3. The van der Waals surface area contributed by atoms with E-state index in [0.717, 1.165) is 4.68 Å². The van der Waals surface area contributed by atoms with Gasteiger partial charge >= 0.3 is 0 Å². The zero-order chi connectivity index (χ0) is 19.6. The van der Waals surface area contributed by atoms with Crippen molar-refractivity contribution in [1.29, 1.82) is 0 Å². The number of carbonyl (C=O) groups is 2. The van der Waals surface area contributed by atoms with Crippen LogP contribution in [0.15, 0.2) is 35.1 Å². The van der Waals surface area contributed by atoms with E-state index < -0.39 is 0 Å². The predicted octanol–water partition coefficient (Wildman–Crippen LogP) is 1.84. The number of aryl methyl sites for hydroxylation is 1. The highest BCUT2D eigenvalue weighted by Crippen LogP contribution is 2.26. The van der Waals surface area contributed by atoms with Gasteiger partial charge in [0.15, 0.2) is 0 Å². The zero-order valence-electron chi connectivity index (χ0n) is 14.7. The van der Waals surface area contributed by atoms with Crippen LogP contribution in [-0.2, 0) is 11.3 Å². The highest BCUT2D eigenvalue weighted by Gasteiger charge is 2.27. The first-order valence-electron chi connectivity index (χ1n) is 8.42. The molecule has 3 rings (SSSR count). The largest absolute Gasteiger partial charge is 0.338 e. The van der Waals surface area contributed by atoms with Crippen molar-refractivity contribution in [3.8, 4) is 0 Å². The van der Waals surface area contributed by atoms with Crippen LogP contribution in [0.1, 0.15) is 16.1 Å². The lowest BCUT2D eigenvalue weighted by Crippen LogP contribution is -2.51. The van der Waals surface area contributed by atoms with Gasteiger partial charge in [-0.25, -0.2) is 4.68 Å². The Kier molecular flexibility index (Phi) is 5.82. The monoisotopic (exact) mass is 408 g/mol. The molecule has 0 aliphatic carbocycles. The van der Waals surface area contributed by atoms with E-state index >= 15 is 0 Å². The number of aromatic nitrogens is 2. The number of hydrogen-bond donors (Lipinski definition) is 0. The van der Waals surface area contributed by atoms with Gasteiger partial charge in [-0.3, -0.25) is 14.4 Å². The summed E-state index contributed by atoms with van der Waals surface area (Å²) in [7, 11) is 0. The maximum absolute atomic E-state index is 12.7. The molecule has 0 radical (unpaired) electrons. The van der Waals surface area contributed by atoms with Crippen LogP contribution in [0.2, 0.25) is 10.0 Å². The summed E-state index contributed by atoms with van der Waals surface area (Å²) in [5.41, 5.74) is 0.613. The van der Waals surface area contributed by atoms with Gasteiger partial charge in [-0.2, -0.15) is 5.10 Å². The van der Waals surface area contributed by atoms with E-state index in [0.29, 0.717) is 41.9 Å². The first-order chi connectivity index (χ1) is 12.9. The molecular formula is C18H18Cl2N4O3. The standard InChI is InChI=1S/C18H18Cl2N4O3/c1-12-5-6-15(25)24(21-12)11-16(26)22-7-9-23(10-8-22)18(27)17-13(19)3-2-4-14(17)20/h2-6H,7-11H2,1H3. The van der Waals surface area contributed by atoms with E-state index in [1.807, 2.05) is 0 Å². The number of halogens is 2. The third kappa shape index (κ3) is 4.31. The lowest BCUT2D eigenvalue weighted by atomic mass is 10.1. The van der Waals surface area contributed by atoms with E-state index in [-0.39, 0.29) is 29.5 Å². The molecule has 2 amide bonds. The molecule has 1 aliphatic heterocycles. The van der Waals surface area contributed by atoms with Gasteiger partial charge in [-0.15, -0.1) is 0 Å². The molecule has 0 atom stereocenters. The molecule has 0 unspecified atom stereocenters. The molecule has 9 heteroatoms. The molecule has 1 aromatic heterocycles. The molecule has 27 heavy (non-hydrogen) atoms. The van der Waals surface area contributed by atoms with Gasteiger partial charge in [-0.1, -0.05) is 29.3 Å². The Labute approximate surface area is 166 Å². The van der Waals surface area contributed by atoms with Gasteiger partial charge in [0.2, 0.25) is 5.91 Å². The maximum Gasteiger partial charge on any atom is 0.267 e. The summed E-state index contributed by atoms with van der Waals surface area (Å²) in [5, 5.41) is 4.68. The van der Waals surface area contributed by atoms with Crippen LogP contribution in [0.4, 0.5) is 0 Å². The number of nitrogens with zero attached hydrogens (tertiary/aromatic N) is 4. The second kappa shape index (κ2) is 8.10. The fraction of sp³-hybridized carbons (Fsp3) is 0.333. The van der Waals surface area contributed by atoms with E-state index in [4.69, 9.17) is 23.2 Å². The summed E-state index contributed by atoms with van der Waals surface area (Å²) in [6.07, 6.45) is 0. The van der Waals surface area contributed by atoms with Crippen LogP contribution in [0.25, 0.3) is 0 Å². The third-order valence-corrected chi connectivity index (χ3v) is 5.01. The number of amides is 2. The van der Waals surface area contributed by atoms with Crippen molar-refractivity contribution in [3.05, 3.63) is 62.0 Å². The van der Waals surface area contributed by atoms with Gasteiger partial charge in [-0.05, 0) is 25.1 Å². The fourth-order valence-corrected chi connectivity index (χ4v) is 3.47. The minimum atomic E-state index is -0.323. The van der Waals surface area contributed by atoms with E-state index in [1.54, 1.807) is 41.0 Å². The van der Waals surface area contributed by atoms with Gasteiger partial charge < -0.3 is 9.80 Å². The topological polar surface area (TPSA) is 75.5 Å². The summed E-state index contributed by atoms with van der Waals surface area (Å²) in [6.45, 7) is 3.10. The maximum atomic E-state index is 12.7. The third-order valence-electron chi connectivity index (χ3n) is 4.38. The Hall–Kier alpha value is -2.38. The molecule has 0 bridgehead atoms. The van der Waals surface area contributed by atoms with Crippen molar-refractivity contribution in [2.45, 2.75) is 13.5 Å². The first kappa shape index (κ1) is 19.4. The van der Waals surface area contributed by atoms with Gasteiger partial charge in [0, 0.05) is 32.2 Å². The number of rotatable bonds is 3. The average molecular weight is 409 g/mol. The number of hydrogen-bond acceptors (Lipinski definition) is 4. The van der Waals surface area contributed by atoms with Crippen LogP contribution in [0, 0.1) is 6.92 Å². The van der Waals surface area contributed by atoms with Gasteiger partial charge in [0.1, 0.15) is 6.54 Å². The molecule has 1 fully saturated rings. The Morgan fingerprint density at radius 2 is 1.59 bits per heavy atom. The molecule has 0 N–H and O–H groups in total. The minimum absolute atomic E-state index is 0.120.